The van der Waals surface area contributed by atoms with Gasteiger partial charge in [0.05, 0.1) is 0 Å². The third-order valence-electron chi connectivity index (χ3n) is 3.19. The fourth-order valence-electron chi connectivity index (χ4n) is 2.10. The standard InChI is InChI=1S/C17H11F3N2OS/c18-12-3-1-10(2-4-12)5-15-9-21-17(24-15)22-16(23)11-6-13(19)8-14(20)7-11/h1-4,6-9H,5H2,(H,21,22,23). The van der Waals surface area contributed by atoms with Crippen molar-refractivity contribution >= 4 is 22.4 Å². The summed E-state index contributed by atoms with van der Waals surface area (Å²) in [5, 5.41) is 2.82. The largest absolute Gasteiger partial charge is 0.298 e. The lowest BCUT2D eigenvalue weighted by atomic mass is 10.1. The molecule has 0 radical (unpaired) electrons. The van der Waals surface area contributed by atoms with E-state index in [4.69, 9.17) is 0 Å². The van der Waals surface area contributed by atoms with Crippen LogP contribution in [0.1, 0.15) is 20.8 Å². The van der Waals surface area contributed by atoms with E-state index in [9.17, 15) is 18.0 Å². The van der Waals surface area contributed by atoms with Crippen LogP contribution in [0.5, 0.6) is 0 Å². The van der Waals surface area contributed by atoms with Gasteiger partial charge in [0.1, 0.15) is 17.5 Å². The van der Waals surface area contributed by atoms with E-state index < -0.39 is 17.5 Å². The maximum atomic E-state index is 13.1. The van der Waals surface area contributed by atoms with E-state index in [1.54, 1.807) is 18.3 Å². The van der Waals surface area contributed by atoms with Gasteiger partial charge in [-0.1, -0.05) is 12.1 Å². The van der Waals surface area contributed by atoms with Gasteiger partial charge in [0.25, 0.3) is 5.91 Å². The topological polar surface area (TPSA) is 42.0 Å². The average molecular weight is 348 g/mol. The van der Waals surface area contributed by atoms with E-state index in [0.29, 0.717) is 17.6 Å². The summed E-state index contributed by atoms with van der Waals surface area (Å²) >= 11 is 1.24. The minimum absolute atomic E-state index is 0.122. The third-order valence-corrected chi connectivity index (χ3v) is 4.10. The van der Waals surface area contributed by atoms with Crippen LogP contribution < -0.4 is 5.32 Å². The van der Waals surface area contributed by atoms with Crippen molar-refractivity contribution in [3.63, 3.8) is 0 Å². The molecule has 7 heteroatoms. The van der Waals surface area contributed by atoms with Gasteiger partial charge >= 0.3 is 0 Å². The number of rotatable bonds is 4. The second-order valence-corrected chi connectivity index (χ2v) is 6.16. The van der Waals surface area contributed by atoms with Gasteiger partial charge in [-0.15, -0.1) is 11.3 Å². The number of anilines is 1. The summed E-state index contributed by atoms with van der Waals surface area (Å²) in [6, 6.07) is 8.68. The highest BCUT2D eigenvalue weighted by atomic mass is 32.1. The molecule has 0 saturated carbocycles. The van der Waals surface area contributed by atoms with Crippen molar-refractivity contribution in [1.82, 2.24) is 4.98 Å². The summed E-state index contributed by atoms with van der Waals surface area (Å²) in [6.45, 7) is 0. The van der Waals surface area contributed by atoms with Crippen molar-refractivity contribution < 1.29 is 18.0 Å². The number of aromatic nitrogens is 1. The highest BCUT2D eigenvalue weighted by Crippen LogP contribution is 2.22. The highest BCUT2D eigenvalue weighted by molar-refractivity contribution is 7.15. The first kappa shape index (κ1) is 16.2. The second-order valence-electron chi connectivity index (χ2n) is 5.05. The SMILES string of the molecule is O=C(Nc1ncc(Cc2ccc(F)cc2)s1)c1cc(F)cc(F)c1. The Kier molecular flexibility index (Phi) is 4.61. The molecule has 0 fully saturated rings. The molecule has 3 rings (SSSR count). The molecule has 24 heavy (non-hydrogen) atoms. The lowest BCUT2D eigenvalue weighted by Crippen LogP contribution is -2.12. The van der Waals surface area contributed by atoms with E-state index in [1.807, 2.05) is 0 Å². The van der Waals surface area contributed by atoms with Crippen LogP contribution in [0.3, 0.4) is 0 Å². The number of hydrogen-bond donors (Lipinski definition) is 1. The summed E-state index contributed by atoms with van der Waals surface area (Å²) in [7, 11) is 0. The highest BCUT2D eigenvalue weighted by Gasteiger charge is 2.12. The van der Waals surface area contributed by atoms with Crippen LogP contribution in [0.2, 0.25) is 0 Å². The summed E-state index contributed by atoms with van der Waals surface area (Å²) in [4.78, 5) is 16.9. The number of carbonyl (C=O) groups excluding carboxylic acids is 1. The minimum atomic E-state index is -0.823. The first-order chi connectivity index (χ1) is 11.5. The maximum absolute atomic E-state index is 13.1. The van der Waals surface area contributed by atoms with Crippen LogP contribution in [-0.2, 0) is 6.42 Å². The van der Waals surface area contributed by atoms with Gasteiger partial charge in [-0.3, -0.25) is 10.1 Å². The Bertz CT molecular complexity index is 858. The lowest BCUT2D eigenvalue weighted by Gasteiger charge is -2.02. The third kappa shape index (κ3) is 3.99. The summed E-state index contributed by atoms with van der Waals surface area (Å²) in [5.74, 6) is -2.60. The molecule has 1 heterocycles. The Morgan fingerprint density at radius 1 is 1.00 bits per heavy atom. The van der Waals surface area contributed by atoms with Crippen molar-refractivity contribution in [2.75, 3.05) is 5.32 Å². The van der Waals surface area contributed by atoms with Crippen LogP contribution in [0.4, 0.5) is 18.3 Å². The summed E-state index contributed by atoms with van der Waals surface area (Å²) < 4.78 is 39.2. The molecule has 1 amide bonds. The summed E-state index contributed by atoms with van der Waals surface area (Å²) in [5.41, 5.74) is 0.785. The van der Waals surface area contributed by atoms with E-state index in [1.165, 1.54) is 23.5 Å². The first-order valence-electron chi connectivity index (χ1n) is 6.96. The molecule has 0 aliphatic carbocycles. The molecule has 0 saturated heterocycles. The molecule has 0 aliphatic heterocycles. The quantitative estimate of drug-likeness (QED) is 0.759. The van der Waals surface area contributed by atoms with Crippen LogP contribution in [0.15, 0.2) is 48.7 Å². The molecule has 3 aromatic rings. The Balaban J connectivity index is 1.69. The maximum Gasteiger partial charge on any atom is 0.257 e. The van der Waals surface area contributed by atoms with Gasteiger partial charge < -0.3 is 0 Å². The second kappa shape index (κ2) is 6.84. The predicted octanol–water partition coefficient (Wildman–Crippen LogP) is 4.40. The Morgan fingerprint density at radius 3 is 2.33 bits per heavy atom. The zero-order valence-corrected chi connectivity index (χ0v) is 13.0. The molecule has 0 bridgehead atoms. The van der Waals surface area contributed by atoms with Crippen molar-refractivity contribution in [1.29, 1.82) is 0 Å². The van der Waals surface area contributed by atoms with E-state index in [-0.39, 0.29) is 11.4 Å². The van der Waals surface area contributed by atoms with Crippen LogP contribution in [-0.4, -0.2) is 10.9 Å². The number of thiazole rings is 1. The zero-order valence-electron chi connectivity index (χ0n) is 12.2. The Labute approximate surface area is 139 Å². The normalized spacial score (nSPS) is 10.6. The fraction of sp³-hybridized carbons (Fsp3) is 0.0588. The Morgan fingerprint density at radius 2 is 1.67 bits per heavy atom. The van der Waals surface area contributed by atoms with Crippen molar-refractivity contribution in [3.8, 4) is 0 Å². The summed E-state index contributed by atoms with van der Waals surface area (Å²) in [6.07, 6.45) is 2.14. The monoisotopic (exact) mass is 348 g/mol. The Hall–Kier alpha value is -2.67. The molecule has 122 valence electrons. The number of halogens is 3. The van der Waals surface area contributed by atoms with E-state index in [0.717, 1.165) is 22.6 Å². The van der Waals surface area contributed by atoms with E-state index >= 15 is 0 Å². The first-order valence-corrected chi connectivity index (χ1v) is 7.78. The number of nitrogens with zero attached hydrogens (tertiary/aromatic N) is 1. The van der Waals surface area contributed by atoms with Gasteiger partial charge in [0.15, 0.2) is 5.13 Å². The molecule has 0 unspecified atom stereocenters. The smallest absolute Gasteiger partial charge is 0.257 e. The van der Waals surface area contributed by atoms with Crippen molar-refractivity contribution in [2.45, 2.75) is 6.42 Å². The predicted molar refractivity (Wildman–Crippen MR) is 85.6 cm³/mol. The van der Waals surface area contributed by atoms with E-state index in [2.05, 4.69) is 10.3 Å². The number of nitrogens with one attached hydrogen (secondary N) is 1. The molecule has 0 aliphatic rings. The van der Waals surface area contributed by atoms with Gasteiger partial charge in [-0.05, 0) is 29.8 Å². The molecule has 3 nitrogen and oxygen atoms in total. The van der Waals surface area contributed by atoms with Crippen molar-refractivity contribution in [3.05, 3.63) is 82.1 Å². The van der Waals surface area contributed by atoms with Gasteiger partial charge in [0, 0.05) is 29.1 Å². The van der Waals surface area contributed by atoms with Crippen LogP contribution in [0, 0.1) is 17.5 Å². The molecule has 0 atom stereocenters. The fourth-order valence-corrected chi connectivity index (χ4v) is 2.95. The number of hydrogen-bond acceptors (Lipinski definition) is 3. The number of benzene rings is 2. The molecular weight excluding hydrogens is 337 g/mol. The molecular formula is C17H11F3N2OS. The molecule has 2 aromatic carbocycles. The average Bonchev–Trinajstić information content (AvgIpc) is 2.95. The van der Waals surface area contributed by atoms with Crippen LogP contribution in [0.25, 0.3) is 0 Å². The molecule has 0 spiro atoms. The van der Waals surface area contributed by atoms with Gasteiger partial charge in [-0.25, -0.2) is 18.2 Å². The van der Waals surface area contributed by atoms with Gasteiger partial charge in [0.2, 0.25) is 0 Å². The van der Waals surface area contributed by atoms with Crippen LogP contribution >= 0.6 is 11.3 Å². The molecule has 1 N–H and O–H groups in total. The number of carbonyl (C=O) groups is 1. The zero-order chi connectivity index (χ0) is 17.1. The lowest BCUT2D eigenvalue weighted by molar-refractivity contribution is 0.102. The molecule has 1 aromatic heterocycles. The van der Waals surface area contributed by atoms with Gasteiger partial charge in [-0.2, -0.15) is 0 Å². The minimum Gasteiger partial charge on any atom is -0.298 e. The number of amides is 1. The van der Waals surface area contributed by atoms with Crippen molar-refractivity contribution in [2.24, 2.45) is 0 Å².